The standard InChI is InChI=1S/C20H17N3O3/c21-20-22-9-4-10-23(20)11-13(24)12-26-17-8-3-7-16-18(17)14-5-1-2-6-15(14)19(16)25/h1-10,13,21,24H,11-12H2. The summed E-state index contributed by atoms with van der Waals surface area (Å²) >= 11 is 0. The van der Waals surface area contributed by atoms with Crippen molar-refractivity contribution in [1.29, 1.82) is 5.41 Å². The van der Waals surface area contributed by atoms with Gasteiger partial charge < -0.3 is 14.4 Å². The van der Waals surface area contributed by atoms with Crippen molar-refractivity contribution in [2.24, 2.45) is 0 Å². The normalized spacial score (nSPS) is 13.2. The number of aliphatic hydroxyl groups is 1. The number of rotatable bonds is 5. The number of nitrogens with one attached hydrogen (secondary N) is 1. The van der Waals surface area contributed by atoms with Gasteiger partial charge in [0.15, 0.2) is 5.78 Å². The number of hydrogen-bond donors (Lipinski definition) is 2. The highest BCUT2D eigenvalue weighted by Crippen LogP contribution is 2.42. The van der Waals surface area contributed by atoms with Gasteiger partial charge in [0.25, 0.3) is 0 Å². The molecule has 0 spiro atoms. The van der Waals surface area contributed by atoms with Gasteiger partial charge in [-0.3, -0.25) is 10.2 Å². The van der Waals surface area contributed by atoms with Crippen molar-refractivity contribution < 1.29 is 14.6 Å². The molecule has 0 saturated heterocycles. The number of hydrogen-bond acceptors (Lipinski definition) is 5. The molecule has 6 heteroatoms. The maximum absolute atomic E-state index is 12.5. The highest BCUT2D eigenvalue weighted by Gasteiger charge is 2.29. The highest BCUT2D eigenvalue weighted by molar-refractivity contribution is 6.22. The molecule has 3 aromatic rings. The summed E-state index contributed by atoms with van der Waals surface area (Å²) in [5, 5.41) is 18.0. The number of benzene rings is 2. The largest absolute Gasteiger partial charge is 0.490 e. The molecule has 1 aromatic heterocycles. The van der Waals surface area contributed by atoms with Gasteiger partial charge in [-0.2, -0.15) is 0 Å². The van der Waals surface area contributed by atoms with Crippen LogP contribution in [0.15, 0.2) is 60.9 Å². The Hall–Kier alpha value is -3.25. The van der Waals surface area contributed by atoms with Crippen molar-refractivity contribution in [3.8, 4) is 16.9 Å². The van der Waals surface area contributed by atoms with Crippen LogP contribution in [0.5, 0.6) is 5.75 Å². The van der Waals surface area contributed by atoms with Crippen LogP contribution >= 0.6 is 0 Å². The van der Waals surface area contributed by atoms with Crippen LogP contribution < -0.4 is 10.4 Å². The maximum Gasteiger partial charge on any atom is 0.221 e. The zero-order chi connectivity index (χ0) is 18.1. The maximum atomic E-state index is 12.5. The summed E-state index contributed by atoms with van der Waals surface area (Å²) in [7, 11) is 0. The molecule has 0 bridgehead atoms. The van der Waals surface area contributed by atoms with Gasteiger partial charge in [0.2, 0.25) is 5.62 Å². The molecular formula is C20H17N3O3. The smallest absolute Gasteiger partial charge is 0.221 e. The molecule has 26 heavy (non-hydrogen) atoms. The molecule has 1 heterocycles. The summed E-state index contributed by atoms with van der Waals surface area (Å²) in [5.74, 6) is 0.563. The van der Waals surface area contributed by atoms with E-state index in [4.69, 9.17) is 10.1 Å². The van der Waals surface area contributed by atoms with E-state index in [0.29, 0.717) is 16.9 Å². The molecule has 1 unspecified atom stereocenters. The van der Waals surface area contributed by atoms with Gasteiger partial charge in [-0.15, -0.1) is 0 Å². The third-order valence-corrected chi connectivity index (χ3v) is 4.37. The summed E-state index contributed by atoms with van der Waals surface area (Å²) < 4.78 is 7.37. The molecule has 6 nitrogen and oxygen atoms in total. The zero-order valence-electron chi connectivity index (χ0n) is 13.9. The summed E-state index contributed by atoms with van der Waals surface area (Å²) in [6.45, 7) is 0.255. The zero-order valence-corrected chi connectivity index (χ0v) is 13.9. The van der Waals surface area contributed by atoms with Crippen molar-refractivity contribution >= 4 is 5.78 Å². The fourth-order valence-corrected chi connectivity index (χ4v) is 3.18. The van der Waals surface area contributed by atoms with E-state index >= 15 is 0 Å². The number of carbonyl (C=O) groups excluding carboxylic acids is 1. The van der Waals surface area contributed by atoms with E-state index in [1.807, 2.05) is 24.3 Å². The van der Waals surface area contributed by atoms with E-state index in [0.717, 1.165) is 11.1 Å². The molecule has 1 aliphatic rings. The fraction of sp³-hybridized carbons (Fsp3) is 0.150. The Kier molecular flexibility index (Phi) is 4.10. The first-order valence-electron chi connectivity index (χ1n) is 8.29. The van der Waals surface area contributed by atoms with E-state index in [2.05, 4.69) is 4.98 Å². The quantitative estimate of drug-likeness (QED) is 0.578. The molecule has 0 amide bonds. The predicted molar refractivity (Wildman–Crippen MR) is 94.9 cm³/mol. The lowest BCUT2D eigenvalue weighted by Gasteiger charge is -2.16. The summed E-state index contributed by atoms with van der Waals surface area (Å²) in [5.41, 5.74) is 2.99. The van der Waals surface area contributed by atoms with Crippen LogP contribution in [0.3, 0.4) is 0 Å². The molecule has 0 radical (unpaired) electrons. The molecule has 1 aliphatic carbocycles. The first kappa shape index (κ1) is 16.2. The molecule has 0 aliphatic heterocycles. The van der Waals surface area contributed by atoms with Crippen LogP contribution in [-0.2, 0) is 6.54 Å². The summed E-state index contributed by atoms with van der Waals surface area (Å²) in [6.07, 6.45) is 2.41. The topological polar surface area (TPSA) is 88.2 Å². The predicted octanol–water partition coefficient (Wildman–Crippen LogP) is 2.01. The van der Waals surface area contributed by atoms with E-state index in [1.54, 1.807) is 35.0 Å². The van der Waals surface area contributed by atoms with Crippen LogP contribution in [0.25, 0.3) is 11.1 Å². The Labute approximate surface area is 149 Å². The second-order valence-electron chi connectivity index (χ2n) is 6.11. The first-order chi connectivity index (χ1) is 12.6. The Balaban J connectivity index is 1.55. The van der Waals surface area contributed by atoms with Crippen LogP contribution in [-0.4, -0.2) is 33.2 Å². The van der Waals surface area contributed by atoms with Crippen molar-refractivity contribution in [3.05, 3.63) is 77.7 Å². The van der Waals surface area contributed by atoms with Gasteiger partial charge in [-0.25, -0.2) is 4.98 Å². The van der Waals surface area contributed by atoms with Crippen LogP contribution in [0.2, 0.25) is 0 Å². The van der Waals surface area contributed by atoms with Gasteiger partial charge in [0.1, 0.15) is 18.5 Å². The van der Waals surface area contributed by atoms with E-state index in [1.165, 1.54) is 6.20 Å². The molecule has 0 saturated carbocycles. The number of fused-ring (bicyclic) bond motifs is 3. The van der Waals surface area contributed by atoms with Crippen LogP contribution in [0, 0.1) is 5.41 Å². The molecule has 0 fully saturated rings. The molecule has 4 rings (SSSR count). The van der Waals surface area contributed by atoms with Crippen LogP contribution in [0.4, 0.5) is 0 Å². The van der Waals surface area contributed by atoms with Crippen LogP contribution in [0.1, 0.15) is 15.9 Å². The van der Waals surface area contributed by atoms with Gasteiger partial charge in [0.05, 0.1) is 6.54 Å². The second-order valence-corrected chi connectivity index (χ2v) is 6.11. The van der Waals surface area contributed by atoms with Crippen molar-refractivity contribution in [2.75, 3.05) is 6.61 Å². The monoisotopic (exact) mass is 347 g/mol. The average Bonchev–Trinajstić information content (AvgIpc) is 2.96. The van der Waals surface area contributed by atoms with Gasteiger partial charge >= 0.3 is 0 Å². The van der Waals surface area contributed by atoms with E-state index in [9.17, 15) is 9.90 Å². The number of nitrogens with zero attached hydrogens (tertiary/aromatic N) is 2. The van der Waals surface area contributed by atoms with Gasteiger partial charge in [-0.1, -0.05) is 36.4 Å². The van der Waals surface area contributed by atoms with Gasteiger partial charge in [-0.05, 0) is 17.7 Å². The van der Waals surface area contributed by atoms with Crippen molar-refractivity contribution in [1.82, 2.24) is 9.55 Å². The Bertz CT molecular complexity index is 1040. The minimum Gasteiger partial charge on any atom is -0.490 e. The molecule has 2 N–H and O–H groups in total. The third-order valence-electron chi connectivity index (χ3n) is 4.37. The number of ether oxygens (including phenoxy) is 1. The summed E-state index contributed by atoms with van der Waals surface area (Å²) in [6, 6.07) is 14.5. The third kappa shape index (κ3) is 2.80. The molecular weight excluding hydrogens is 330 g/mol. The van der Waals surface area contributed by atoms with Gasteiger partial charge in [0, 0.05) is 29.1 Å². The average molecular weight is 347 g/mol. The number of ketones is 1. The Morgan fingerprint density at radius 3 is 2.65 bits per heavy atom. The SMILES string of the molecule is N=c1ncccn1CC(O)COc1cccc2c1-c1ccccc1C2=O. The lowest BCUT2D eigenvalue weighted by molar-refractivity contribution is 0.0911. The Morgan fingerprint density at radius 2 is 1.85 bits per heavy atom. The first-order valence-corrected chi connectivity index (χ1v) is 8.29. The lowest BCUT2D eigenvalue weighted by Crippen LogP contribution is -2.31. The van der Waals surface area contributed by atoms with Crippen molar-refractivity contribution in [3.63, 3.8) is 0 Å². The van der Waals surface area contributed by atoms with E-state index in [-0.39, 0.29) is 24.6 Å². The number of carbonyl (C=O) groups is 1. The second kappa shape index (κ2) is 6.57. The Morgan fingerprint density at radius 1 is 1.08 bits per heavy atom. The number of aliphatic hydroxyl groups excluding tert-OH is 1. The highest BCUT2D eigenvalue weighted by atomic mass is 16.5. The molecule has 2 aromatic carbocycles. The minimum atomic E-state index is -0.809. The molecule has 130 valence electrons. The summed E-state index contributed by atoms with van der Waals surface area (Å²) in [4.78, 5) is 16.4. The molecule has 1 atom stereocenters. The van der Waals surface area contributed by atoms with Crippen molar-refractivity contribution in [2.45, 2.75) is 12.6 Å². The van der Waals surface area contributed by atoms with E-state index < -0.39 is 6.10 Å². The number of aromatic nitrogens is 2. The minimum absolute atomic E-state index is 0.00800. The lowest BCUT2D eigenvalue weighted by atomic mass is 10.0. The fourth-order valence-electron chi connectivity index (χ4n) is 3.18.